The second-order valence-electron chi connectivity index (χ2n) is 4.95. The number of fused-ring (bicyclic) bond motifs is 1. The number of ether oxygens (including phenoxy) is 1. The van der Waals surface area contributed by atoms with Gasteiger partial charge in [0.05, 0.1) is 18.0 Å². The molecule has 126 valence electrons. The van der Waals surface area contributed by atoms with Gasteiger partial charge in [-0.25, -0.2) is 14.5 Å². The maximum Gasteiger partial charge on any atom is 0.469 e. The molecule has 1 aliphatic rings. The van der Waals surface area contributed by atoms with Crippen molar-refractivity contribution in [1.82, 2.24) is 14.5 Å². The standard InChI is InChI=1S/C11H13ClN3O7P/c12-5-1-2-13-10-7(5)14-4-15(10)11-9(17)8(16)6(22-11)3-21-23(18,19)20/h1-2,4,6,8-9,11,16-17H,3H2,(H2,18,19,20)/t6-,8-,9-,11-/m1/s1. The molecule has 4 N–H and O–H groups in total. The second-order valence-corrected chi connectivity index (χ2v) is 6.60. The predicted molar refractivity (Wildman–Crippen MR) is 76.5 cm³/mol. The number of halogens is 1. The normalized spacial score (nSPS) is 28.6. The Hall–Kier alpha value is -1.10. The smallest absolute Gasteiger partial charge is 0.387 e. The lowest BCUT2D eigenvalue weighted by Crippen LogP contribution is -2.33. The summed E-state index contributed by atoms with van der Waals surface area (Å²) < 4.78 is 21.9. The average Bonchev–Trinajstić information content (AvgIpc) is 3.01. The van der Waals surface area contributed by atoms with Gasteiger partial charge in [0.2, 0.25) is 0 Å². The molecule has 2 aromatic rings. The molecule has 12 heteroatoms. The van der Waals surface area contributed by atoms with Crippen molar-refractivity contribution >= 4 is 30.6 Å². The average molecular weight is 366 g/mol. The monoisotopic (exact) mass is 365 g/mol. The Balaban J connectivity index is 1.85. The Morgan fingerprint density at radius 2 is 2.09 bits per heavy atom. The number of pyridine rings is 1. The first kappa shape index (κ1) is 16.7. The highest BCUT2D eigenvalue weighted by atomic mass is 35.5. The van der Waals surface area contributed by atoms with Crippen LogP contribution < -0.4 is 0 Å². The van der Waals surface area contributed by atoms with E-state index in [2.05, 4.69) is 14.5 Å². The SMILES string of the molecule is O=P(O)(O)OC[C@H]1O[C@@H](n2cnc3c(Cl)ccnc32)[C@H](O)[C@@H]1O. The van der Waals surface area contributed by atoms with E-state index < -0.39 is 39.0 Å². The summed E-state index contributed by atoms with van der Waals surface area (Å²) in [5.41, 5.74) is 0.736. The topological polar surface area (TPSA) is 147 Å². The van der Waals surface area contributed by atoms with E-state index in [1.165, 1.54) is 17.1 Å². The minimum absolute atomic E-state index is 0.338. The summed E-state index contributed by atoms with van der Waals surface area (Å²) in [5, 5.41) is 20.4. The van der Waals surface area contributed by atoms with Gasteiger partial charge in [0.25, 0.3) is 0 Å². The fraction of sp³-hybridized carbons (Fsp3) is 0.455. The molecule has 0 radical (unpaired) electrons. The molecule has 0 bridgehead atoms. The highest BCUT2D eigenvalue weighted by molar-refractivity contribution is 7.46. The number of rotatable bonds is 4. The van der Waals surface area contributed by atoms with Gasteiger partial charge < -0.3 is 24.7 Å². The van der Waals surface area contributed by atoms with Crippen LogP contribution in [0.4, 0.5) is 0 Å². The third kappa shape index (κ3) is 3.25. The molecular formula is C11H13ClN3O7P. The van der Waals surface area contributed by atoms with Gasteiger partial charge in [-0.05, 0) is 6.07 Å². The lowest BCUT2D eigenvalue weighted by molar-refractivity contribution is -0.0503. The van der Waals surface area contributed by atoms with Crippen LogP contribution in [0.25, 0.3) is 11.2 Å². The number of phosphoric acid groups is 1. The van der Waals surface area contributed by atoms with Gasteiger partial charge in [-0.15, -0.1) is 0 Å². The summed E-state index contributed by atoms with van der Waals surface area (Å²) in [6.07, 6.45) is -2.14. The van der Waals surface area contributed by atoms with E-state index >= 15 is 0 Å². The zero-order chi connectivity index (χ0) is 16.8. The van der Waals surface area contributed by atoms with Crippen LogP contribution >= 0.6 is 19.4 Å². The lowest BCUT2D eigenvalue weighted by Gasteiger charge is -2.16. The number of nitrogens with zero attached hydrogens (tertiary/aromatic N) is 3. The van der Waals surface area contributed by atoms with Crippen molar-refractivity contribution in [3.05, 3.63) is 23.6 Å². The second kappa shape index (κ2) is 6.08. The summed E-state index contributed by atoms with van der Waals surface area (Å²) >= 11 is 6.00. The minimum Gasteiger partial charge on any atom is -0.387 e. The zero-order valence-corrected chi connectivity index (χ0v) is 13.1. The van der Waals surface area contributed by atoms with Gasteiger partial charge in [-0.3, -0.25) is 9.09 Å². The quantitative estimate of drug-likeness (QED) is 0.541. The molecule has 0 spiro atoms. The van der Waals surface area contributed by atoms with Crippen molar-refractivity contribution < 1.29 is 33.8 Å². The number of phosphoric ester groups is 1. The first-order valence-corrected chi connectivity index (χ1v) is 8.37. The largest absolute Gasteiger partial charge is 0.469 e. The fourth-order valence-electron chi connectivity index (χ4n) is 2.36. The van der Waals surface area contributed by atoms with Crippen LogP contribution in [0.2, 0.25) is 5.02 Å². The highest BCUT2D eigenvalue weighted by Gasteiger charge is 2.45. The summed E-state index contributed by atoms with van der Waals surface area (Å²) in [6, 6.07) is 1.55. The molecule has 3 rings (SSSR count). The van der Waals surface area contributed by atoms with Gasteiger partial charge in [-0.2, -0.15) is 0 Å². The van der Waals surface area contributed by atoms with Gasteiger partial charge >= 0.3 is 7.82 Å². The van der Waals surface area contributed by atoms with E-state index in [1.807, 2.05) is 0 Å². The Bertz CT molecular complexity index is 765. The highest BCUT2D eigenvalue weighted by Crippen LogP contribution is 2.38. The Labute approximate surface area is 134 Å². The van der Waals surface area contributed by atoms with Crippen molar-refractivity contribution in [3.8, 4) is 0 Å². The molecule has 0 unspecified atom stereocenters. The number of aromatic nitrogens is 3. The van der Waals surface area contributed by atoms with Gasteiger partial charge in [0.1, 0.15) is 23.8 Å². The Morgan fingerprint density at radius 1 is 1.35 bits per heavy atom. The number of aliphatic hydroxyl groups is 2. The molecule has 1 aliphatic heterocycles. The molecule has 1 fully saturated rings. The van der Waals surface area contributed by atoms with E-state index in [4.69, 9.17) is 26.1 Å². The van der Waals surface area contributed by atoms with Crippen LogP contribution in [0, 0.1) is 0 Å². The van der Waals surface area contributed by atoms with E-state index in [0.29, 0.717) is 16.2 Å². The van der Waals surface area contributed by atoms with Crippen LogP contribution in [-0.2, 0) is 13.8 Å². The first-order valence-electron chi connectivity index (χ1n) is 6.46. The summed E-state index contributed by atoms with van der Waals surface area (Å²) in [7, 11) is -4.71. The number of hydrogen-bond acceptors (Lipinski definition) is 7. The van der Waals surface area contributed by atoms with E-state index in [9.17, 15) is 14.8 Å². The predicted octanol–water partition coefficient (Wildman–Crippen LogP) is -0.187. The van der Waals surface area contributed by atoms with Crippen molar-refractivity contribution in [1.29, 1.82) is 0 Å². The number of imidazole rings is 1. The molecule has 4 atom stereocenters. The molecule has 3 heterocycles. The van der Waals surface area contributed by atoms with E-state index in [0.717, 1.165) is 0 Å². The summed E-state index contributed by atoms with van der Waals surface area (Å²) in [5.74, 6) is 0. The van der Waals surface area contributed by atoms with Crippen LogP contribution in [0.1, 0.15) is 6.23 Å². The molecule has 0 aliphatic carbocycles. The molecule has 23 heavy (non-hydrogen) atoms. The Morgan fingerprint density at radius 3 is 2.78 bits per heavy atom. The lowest BCUT2D eigenvalue weighted by atomic mass is 10.1. The third-order valence-electron chi connectivity index (χ3n) is 3.43. The van der Waals surface area contributed by atoms with Crippen LogP contribution in [0.3, 0.4) is 0 Å². The van der Waals surface area contributed by atoms with Crippen molar-refractivity contribution in [2.75, 3.05) is 6.61 Å². The number of hydrogen-bond donors (Lipinski definition) is 4. The Kier molecular flexibility index (Phi) is 4.43. The van der Waals surface area contributed by atoms with Crippen molar-refractivity contribution in [2.24, 2.45) is 0 Å². The summed E-state index contributed by atoms with van der Waals surface area (Å²) in [4.78, 5) is 25.6. The molecule has 1 saturated heterocycles. The molecule has 0 amide bonds. The molecule has 2 aromatic heterocycles. The van der Waals surface area contributed by atoms with Crippen LogP contribution in [-0.4, -0.2) is 59.5 Å². The van der Waals surface area contributed by atoms with Gasteiger partial charge in [-0.1, -0.05) is 11.6 Å². The van der Waals surface area contributed by atoms with E-state index in [-0.39, 0.29) is 0 Å². The maximum absolute atomic E-state index is 10.7. The minimum atomic E-state index is -4.71. The van der Waals surface area contributed by atoms with Crippen molar-refractivity contribution in [2.45, 2.75) is 24.5 Å². The van der Waals surface area contributed by atoms with E-state index in [1.54, 1.807) is 6.07 Å². The van der Waals surface area contributed by atoms with Crippen LogP contribution in [0.5, 0.6) is 0 Å². The zero-order valence-electron chi connectivity index (χ0n) is 11.4. The maximum atomic E-state index is 10.7. The van der Waals surface area contributed by atoms with Crippen LogP contribution in [0.15, 0.2) is 18.6 Å². The fourth-order valence-corrected chi connectivity index (χ4v) is 2.89. The molecular weight excluding hydrogens is 353 g/mol. The van der Waals surface area contributed by atoms with Gasteiger partial charge in [0.15, 0.2) is 11.9 Å². The molecule has 0 saturated carbocycles. The number of aliphatic hydroxyl groups excluding tert-OH is 2. The summed E-state index contributed by atoms with van der Waals surface area (Å²) in [6.45, 7) is -0.584. The molecule has 10 nitrogen and oxygen atoms in total. The first-order chi connectivity index (χ1) is 10.8. The van der Waals surface area contributed by atoms with Gasteiger partial charge in [0, 0.05) is 6.20 Å². The molecule has 0 aromatic carbocycles. The van der Waals surface area contributed by atoms with Crippen molar-refractivity contribution in [3.63, 3.8) is 0 Å². The third-order valence-corrected chi connectivity index (χ3v) is 4.22.